The van der Waals surface area contributed by atoms with Crippen molar-refractivity contribution in [1.29, 1.82) is 0 Å². The van der Waals surface area contributed by atoms with Gasteiger partial charge in [-0.1, -0.05) is 17.7 Å². The second-order valence-corrected chi connectivity index (χ2v) is 5.64. The van der Waals surface area contributed by atoms with Crippen LogP contribution in [0.15, 0.2) is 18.3 Å². The first-order chi connectivity index (χ1) is 8.22. The summed E-state index contributed by atoms with van der Waals surface area (Å²) in [5.41, 5.74) is 1.20. The Hall–Kier alpha value is -0.640. The van der Waals surface area contributed by atoms with E-state index in [1.807, 2.05) is 18.3 Å². The molecule has 0 aromatic carbocycles. The van der Waals surface area contributed by atoms with Crippen molar-refractivity contribution in [2.75, 3.05) is 13.1 Å². The number of rotatable bonds is 2. The van der Waals surface area contributed by atoms with Crippen LogP contribution < -0.4 is 0 Å². The fourth-order valence-electron chi connectivity index (χ4n) is 3.22. The minimum atomic E-state index is -0.0756. The minimum Gasteiger partial charge on any atom is -0.393 e. The Labute approximate surface area is 106 Å². The number of aliphatic hydroxyl groups is 1. The molecule has 2 heterocycles. The van der Waals surface area contributed by atoms with Crippen LogP contribution in [-0.2, 0) is 6.54 Å². The lowest BCUT2D eigenvalue weighted by atomic mass is 10.00. The van der Waals surface area contributed by atoms with E-state index in [1.165, 1.54) is 12.0 Å². The molecule has 3 atom stereocenters. The van der Waals surface area contributed by atoms with Crippen LogP contribution in [0.25, 0.3) is 0 Å². The lowest BCUT2D eigenvalue weighted by molar-refractivity contribution is 0.123. The maximum absolute atomic E-state index is 9.86. The normalized spacial score (nSPS) is 32.9. The van der Waals surface area contributed by atoms with Crippen LogP contribution in [-0.4, -0.2) is 34.2 Å². The summed E-state index contributed by atoms with van der Waals surface area (Å²) >= 11 is 5.77. The Balaban J connectivity index is 1.62. The number of fused-ring (bicyclic) bond motifs is 1. The molecule has 0 radical (unpaired) electrons. The van der Waals surface area contributed by atoms with Crippen molar-refractivity contribution < 1.29 is 5.11 Å². The van der Waals surface area contributed by atoms with Gasteiger partial charge in [-0.25, -0.2) is 4.98 Å². The van der Waals surface area contributed by atoms with Crippen molar-refractivity contribution >= 4 is 11.6 Å². The third-order valence-electron chi connectivity index (χ3n) is 4.09. The fraction of sp³-hybridized carbons (Fsp3) is 0.615. The van der Waals surface area contributed by atoms with Gasteiger partial charge < -0.3 is 5.11 Å². The highest BCUT2D eigenvalue weighted by molar-refractivity contribution is 6.29. The molecule has 0 bridgehead atoms. The van der Waals surface area contributed by atoms with Crippen LogP contribution >= 0.6 is 11.6 Å². The zero-order valence-corrected chi connectivity index (χ0v) is 10.5. The first-order valence-corrected chi connectivity index (χ1v) is 6.61. The molecule has 92 valence electrons. The number of nitrogens with zero attached hydrogens (tertiary/aromatic N) is 2. The van der Waals surface area contributed by atoms with E-state index in [1.54, 1.807) is 0 Å². The van der Waals surface area contributed by atoms with E-state index >= 15 is 0 Å². The maximum atomic E-state index is 9.86. The highest BCUT2D eigenvalue weighted by atomic mass is 35.5. The highest BCUT2D eigenvalue weighted by Gasteiger charge is 2.41. The number of aromatic nitrogens is 1. The number of aliphatic hydroxyl groups excluding tert-OH is 1. The number of pyridine rings is 1. The van der Waals surface area contributed by atoms with Crippen LogP contribution in [0.2, 0.25) is 5.15 Å². The van der Waals surface area contributed by atoms with Crippen molar-refractivity contribution in [2.24, 2.45) is 11.8 Å². The molecule has 1 aromatic heterocycles. The SMILES string of the molecule is OC1CCC2CN(Cc3ccc(Cl)nc3)CC12. The number of likely N-dealkylation sites (tertiary alicyclic amines) is 1. The molecule has 3 rings (SSSR count). The van der Waals surface area contributed by atoms with Crippen molar-refractivity contribution in [3.05, 3.63) is 29.0 Å². The molecule has 3 unspecified atom stereocenters. The largest absolute Gasteiger partial charge is 0.393 e. The first kappa shape index (κ1) is 11.5. The molecule has 1 aliphatic carbocycles. The second-order valence-electron chi connectivity index (χ2n) is 5.25. The Bertz CT molecular complexity index is 395. The van der Waals surface area contributed by atoms with Crippen LogP contribution in [0, 0.1) is 11.8 Å². The molecule has 1 saturated carbocycles. The predicted molar refractivity (Wildman–Crippen MR) is 66.7 cm³/mol. The molecule has 0 spiro atoms. The topological polar surface area (TPSA) is 36.4 Å². The van der Waals surface area contributed by atoms with Crippen molar-refractivity contribution in [2.45, 2.75) is 25.5 Å². The lowest BCUT2D eigenvalue weighted by Crippen LogP contribution is -2.24. The van der Waals surface area contributed by atoms with E-state index in [-0.39, 0.29) is 6.10 Å². The van der Waals surface area contributed by atoms with Gasteiger partial charge in [0.2, 0.25) is 0 Å². The molecule has 2 fully saturated rings. The van der Waals surface area contributed by atoms with Gasteiger partial charge in [0.15, 0.2) is 0 Å². The van der Waals surface area contributed by atoms with Gasteiger partial charge in [-0.3, -0.25) is 4.90 Å². The first-order valence-electron chi connectivity index (χ1n) is 6.23. The summed E-state index contributed by atoms with van der Waals surface area (Å²) in [5, 5.41) is 10.4. The second kappa shape index (κ2) is 4.56. The Morgan fingerprint density at radius 3 is 2.94 bits per heavy atom. The van der Waals surface area contributed by atoms with Gasteiger partial charge in [0.25, 0.3) is 0 Å². The Morgan fingerprint density at radius 1 is 1.35 bits per heavy atom. The van der Waals surface area contributed by atoms with E-state index < -0.39 is 0 Å². The van der Waals surface area contributed by atoms with E-state index in [4.69, 9.17) is 11.6 Å². The lowest BCUT2D eigenvalue weighted by Gasteiger charge is -2.17. The van der Waals surface area contributed by atoms with E-state index in [0.717, 1.165) is 26.1 Å². The van der Waals surface area contributed by atoms with Crippen LogP contribution in [0.1, 0.15) is 18.4 Å². The van der Waals surface area contributed by atoms with Gasteiger partial charge in [-0.05, 0) is 30.4 Å². The van der Waals surface area contributed by atoms with Crippen molar-refractivity contribution in [1.82, 2.24) is 9.88 Å². The number of hydrogen-bond donors (Lipinski definition) is 1. The fourth-order valence-corrected chi connectivity index (χ4v) is 3.33. The molecule has 1 N–H and O–H groups in total. The smallest absolute Gasteiger partial charge is 0.129 e. The maximum Gasteiger partial charge on any atom is 0.129 e. The van der Waals surface area contributed by atoms with Gasteiger partial charge in [-0.2, -0.15) is 0 Å². The van der Waals surface area contributed by atoms with Gasteiger partial charge in [0.05, 0.1) is 6.10 Å². The Kier molecular flexibility index (Phi) is 3.07. The summed E-state index contributed by atoms with van der Waals surface area (Å²) in [6.45, 7) is 3.06. The predicted octanol–water partition coefficient (Wildman–Crippen LogP) is 1.94. The minimum absolute atomic E-state index is 0.0756. The van der Waals surface area contributed by atoms with Gasteiger partial charge >= 0.3 is 0 Å². The van der Waals surface area contributed by atoms with Crippen LogP contribution in [0.4, 0.5) is 0 Å². The quantitative estimate of drug-likeness (QED) is 0.818. The third-order valence-corrected chi connectivity index (χ3v) is 4.31. The summed E-state index contributed by atoms with van der Waals surface area (Å²) in [6, 6.07) is 3.86. The molecule has 1 aromatic rings. The summed E-state index contributed by atoms with van der Waals surface area (Å²) in [4.78, 5) is 6.52. The molecule has 1 aliphatic heterocycles. The van der Waals surface area contributed by atoms with Crippen LogP contribution in [0.3, 0.4) is 0 Å². The molecule has 4 heteroatoms. The summed E-state index contributed by atoms with van der Waals surface area (Å²) in [7, 11) is 0. The number of hydrogen-bond acceptors (Lipinski definition) is 3. The number of halogens is 1. The molecule has 3 nitrogen and oxygen atoms in total. The van der Waals surface area contributed by atoms with Crippen molar-refractivity contribution in [3.8, 4) is 0 Å². The van der Waals surface area contributed by atoms with E-state index in [0.29, 0.717) is 17.0 Å². The Morgan fingerprint density at radius 2 is 2.24 bits per heavy atom. The zero-order chi connectivity index (χ0) is 11.8. The van der Waals surface area contributed by atoms with E-state index in [2.05, 4.69) is 9.88 Å². The van der Waals surface area contributed by atoms with E-state index in [9.17, 15) is 5.11 Å². The summed E-state index contributed by atoms with van der Waals surface area (Å²) < 4.78 is 0. The van der Waals surface area contributed by atoms with Crippen LogP contribution in [0.5, 0.6) is 0 Å². The third kappa shape index (κ3) is 2.32. The average molecular weight is 253 g/mol. The standard InChI is InChI=1S/C13H17ClN2O/c14-13-4-1-9(5-15-13)6-16-7-10-2-3-12(17)11(10)8-16/h1,4-5,10-12,17H,2-3,6-8H2. The molecule has 0 amide bonds. The summed E-state index contributed by atoms with van der Waals surface area (Å²) in [5.74, 6) is 1.19. The average Bonchev–Trinajstić information content (AvgIpc) is 2.85. The summed E-state index contributed by atoms with van der Waals surface area (Å²) in [6.07, 6.45) is 3.94. The van der Waals surface area contributed by atoms with Gasteiger partial charge in [-0.15, -0.1) is 0 Å². The zero-order valence-electron chi connectivity index (χ0n) is 9.72. The van der Waals surface area contributed by atoms with Gasteiger partial charge in [0.1, 0.15) is 5.15 Å². The monoisotopic (exact) mass is 252 g/mol. The molecular formula is C13H17ClN2O. The molecular weight excluding hydrogens is 236 g/mol. The van der Waals surface area contributed by atoms with Crippen molar-refractivity contribution in [3.63, 3.8) is 0 Å². The molecule has 2 aliphatic rings. The molecule has 17 heavy (non-hydrogen) atoms. The van der Waals surface area contributed by atoms with Gasteiger partial charge in [0, 0.05) is 31.7 Å². The highest BCUT2D eigenvalue weighted by Crippen LogP contribution is 2.38. The molecule has 1 saturated heterocycles.